The summed E-state index contributed by atoms with van der Waals surface area (Å²) in [6.45, 7) is 5.01. The maximum atomic E-state index is 12.5. The molecule has 1 unspecified atom stereocenters. The third-order valence-corrected chi connectivity index (χ3v) is 3.30. The average Bonchev–Trinajstić information content (AvgIpc) is 2.57. The van der Waals surface area contributed by atoms with Gasteiger partial charge in [-0.3, -0.25) is 4.79 Å². The number of nitrogens with one attached hydrogen (secondary N) is 1. The lowest BCUT2D eigenvalue weighted by Gasteiger charge is -2.21. The summed E-state index contributed by atoms with van der Waals surface area (Å²) in [5.74, 6) is -0.405. The first-order valence-electron chi connectivity index (χ1n) is 7.46. The van der Waals surface area contributed by atoms with Crippen LogP contribution in [0.4, 0.5) is 0 Å². The third-order valence-electron chi connectivity index (χ3n) is 3.30. The molecule has 0 radical (unpaired) electrons. The van der Waals surface area contributed by atoms with E-state index >= 15 is 0 Å². The minimum absolute atomic E-state index is 0.208. The number of esters is 1. The summed E-state index contributed by atoms with van der Waals surface area (Å²) in [5, 5.41) is 11.4. The van der Waals surface area contributed by atoms with Crippen LogP contribution in [0.5, 0.6) is 11.5 Å². The molecule has 0 fully saturated rings. The second-order valence-electron chi connectivity index (χ2n) is 5.50. The van der Waals surface area contributed by atoms with E-state index < -0.39 is 24.0 Å². The van der Waals surface area contributed by atoms with Crippen LogP contribution < -0.4 is 14.8 Å². The van der Waals surface area contributed by atoms with Crippen molar-refractivity contribution in [3.05, 3.63) is 23.8 Å². The van der Waals surface area contributed by atoms with Gasteiger partial charge in [0.1, 0.15) is 23.6 Å². The number of benzene rings is 1. The highest BCUT2D eigenvalue weighted by Crippen LogP contribution is 2.22. The van der Waals surface area contributed by atoms with E-state index in [9.17, 15) is 9.59 Å². The van der Waals surface area contributed by atoms with Gasteiger partial charge in [-0.2, -0.15) is 5.26 Å². The van der Waals surface area contributed by atoms with Gasteiger partial charge in [0.2, 0.25) is 0 Å². The number of carbonyl (C=O) groups excluding carboxylic acids is 2. The highest BCUT2D eigenvalue weighted by atomic mass is 16.5. The summed E-state index contributed by atoms with van der Waals surface area (Å²) in [7, 11) is 2.96. The van der Waals surface area contributed by atoms with Gasteiger partial charge in [0.15, 0.2) is 6.10 Å². The van der Waals surface area contributed by atoms with E-state index in [1.807, 2.05) is 6.07 Å². The van der Waals surface area contributed by atoms with Crippen molar-refractivity contribution in [2.75, 3.05) is 14.2 Å². The third kappa shape index (κ3) is 5.16. The van der Waals surface area contributed by atoms with Crippen LogP contribution in [0.3, 0.4) is 0 Å². The molecule has 0 bridgehead atoms. The van der Waals surface area contributed by atoms with Gasteiger partial charge in [0, 0.05) is 11.6 Å². The van der Waals surface area contributed by atoms with Gasteiger partial charge >= 0.3 is 5.97 Å². The van der Waals surface area contributed by atoms with Crippen LogP contribution in [0.1, 0.15) is 31.1 Å². The number of nitrogens with zero attached hydrogens (tertiary/aromatic N) is 1. The van der Waals surface area contributed by atoms with Crippen molar-refractivity contribution in [1.82, 2.24) is 5.32 Å². The molecule has 2 atom stereocenters. The quantitative estimate of drug-likeness (QED) is 0.765. The molecule has 0 spiro atoms. The Morgan fingerprint density at radius 2 is 1.62 bits per heavy atom. The molecule has 0 aliphatic rings. The molecule has 1 rings (SSSR count). The maximum Gasteiger partial charge on any atom is 0.330 e. The monoisotopic (exact) mass is 334 g/mol. The number of hydrogen-bond donors (Lipinski definition) is 1. The summed E-state index contributed by atoms with van der Waals surface area (Å²) < 4.78 is 15.2. The number of rotatable bonds is 7. The van der Waals surface area contributed by atoms with Crippen molar-refractivity contribution in [2.24, 2.45) is 5.92 Å². The summed E-state index contributed by atoms with van der Waals surface area (Å²) in [5.41, 5.74) is 0.290. The SMILES string of the molecule is COc1cc(OC)cc(C(=O)N[C@H](C(=O)OC(C)C#N)C(C)C)c1. The average molecular weight is 334 g/mol. The minimum Gasteiger partial charge on any atom is -0.497 e. The standard InChI is InChI=1S/C17H22N2O5/c1-10(2)15(17(21)24-11(3)9-18)19-16(20)12-6-13(22-4)8-14(7-12)23-5/h6-8,10-11,15H,1-5H3,(H,19,20)/t11?,15-/m0/s1. The van der Waals surface area contributed by atoms with Gasteiger partial charge in [-0.15, -0.1) is 0 Å². The first-order chi connectivity index (χ1) is 11.3. The molecule has 0 saturated carbocycles. The Kier molecular flexibility index (Phi) is 7.05. The molecular formula is C17H22N2O5. The first kappa shape index (κ1) is 19.3. The smallest absolute Gasteiger partial charge is 0.330 e. The number of methoxy groups -OCH3 is 2. The predicted molar refractivity (Wildman–Crippen MR) is 86.8 cm³/mol. The van der Waals surface area contributed by atoms with E-state index in [-0.39, 0.29) is 11.5 Å². The Balaban J connectivity index is 2.97. The Labute approximate surface area is 141 Å². The Morgan fingerprint density at radius 3 is 2.04 bits per heavy atom. The van der Waals surface area contributed by atoms with Crippen LogP contribution in [-0.4, -0.2) is 38.2 Å². The molecule has 1 aromatic rings. The maximum absolute atomic E-state index is 12.5. The fraction of sp³-hybridized carbons (Fsp3) is 0.471. The second kappa shape index (κ2) is 8.77. The summed E-state index contributed by atoms with van der Waals surface area (Å²) in [4.78, 5) is 24.6. The Hall–Kier alpha value is -2.75. The van der Waals surface area contributed by atoms with Gasteiger partial charge in [-0.05, 0) is 25.0 Å². The second-order valence-corrected chi connectivity index (χ2v) is 5.50. The predicted octanol–water partition coefficient (Wildman–Crippen LogP) is 1.91. The van der Waals surface area contributed by atoms with Crippen LogP contribution in [0.2, 0.25) is 0 Å². The highest BCUT2D eigenvalue weighted by Gasteiger charge is 2.27. The van der Waals surface area contributed by atoms with E-state index in [1.165, 1.54) is 21.1 Å². The lowest BCUT2D eigenvalue weighted by molar-refractivity contribution is -0.149. The van der Waals surface area contributed by atoms with Gasteiger partial charge in [0.05, 0.1) is 14.2 Å². The van der Waals surface area contributed by atoms with Crippen molar-refractivity contribution in [3.63, 3.8) is 0 Å². The number of hydrogen-bond acceptors (Lipinski definition) is 6. The molecular weight excluding hydrogens is 312 g/mol. The largest absolute Gasteiger partial charge is 0.497 e. The van der Waals surface area contributed by atoms with Crippen LogP contribution >= 0.6 is 0 Å². The highest BCUT2D eigenvalue weighted by molar-refractivity contribution is 5.97. The van der Waals surface area contributed by atoms with Crippen molar-refractivity contribution < 1.29 is 23.8 Å². The molecule has 130 valence electrons. The lowest BCUT2D eigenvalue weighted by atomic mass is 10.0. The zero-order valence-electron chi connectivity index (χ0n) is 14.5. The Morgan fingerprint density at radius 1 is 1.08 bits per heavy atom. The van der Waals surface area contributed by atoms with E-state index in [2.05, 4.69) is 5.32 Å². The van der Waals surface area contributed by atoms with Crippen molar-refractivity contribution in [2.45, 2.75) is 32.9 Å². The first-order valence-corrected chi connectivity index (χ1v) is 7.46. The van der Waals surface area contributed by atoms with E-state index in [1.54, 1.807) is 32.0 Å². The lowest BCUT2D eigenvalue weighted by Crippen LogP contribution is -2.46. The van der Waals surface area contributed by atoms with Crippen LogP contribution in [0.15, 0.2) is 18.2 Å². The summed E-state index contributed by atoms with van der Waals surface area (Å²) in [6.07, 6.45) is -0.882. The van der Waals surface area contributed by atoms with Crippen LogP contribution in [0.25, 0.3) is 0 Å². The zero-order valence-corrected chi connectivity index (χ0v) is 14.5. The molecule has 1 amide bonds. The Bertz CT molecular complexity index is 614. The van der Waals surface area contributed by atoms with Crippen LogP contribution in [-0.2, 0) is 9.53 Å². The molecule has 0 aliphatic carbocycles. The fourth-order valence-electron chi connectivity index (χ4n) is 1.93. The summed E-state index contributed by atoms with van der Waals surface area (Å²) >= 11 is 0. The van der Waals surface area contributed by atoms with Crippen molar-refractivity contribution >= 4 is 11.9 Å². The van der Waals surface area contributed by atoms with Gasteiger partial charge < -0.3 is 19.5 Å². The minimum atomic E-state index is -0.882. The normalized spacial score (nSPS) is 12.7. The molecule has 0 aliphatic heterocycles. The molecule has 0 aromatic heterocycles. The van der Waals surface area contributed by atoms with E-state index in [4.69, 9.17) is 19.5 Å². The zero-order chi connectivity index (χ0) is 18.3. The molecule has 7 heteroatoms. The van der Waals surface area contributed by atoms with Crippen molar-refractivity contribution in [1.29, 1.82) is 5.26 Å². The van der Waals surface area contributed by atoms with Gasteiger partial charge in [0.25, 0.3) is 5.91 Å². The molecule has 1 N–H and O–H groups in total. The van der Waals surface area contributed by atoms with Gasteiger partial charge in [-0.1, -0.05) is 13.8 Å². The molecule has 0 heterocycles. The molecule has 1 aromatic carbocycles. The number of carbonyl (C=O) groups is 2. The number of ether oxygens (including phenoxy) is 3. The molecule has 7 nitrogen and oxygen atoms in total. The topological polar surface area (TPSA) is 97.7 Å². The van der Waals surface area contributed by atoms with E-state index in [0.29, 0.717) is 11.5 Å². The van der Waals surface area contributed by atoms with Gasteiger partial charge in [-0.25, -0.2) is 4.79 Å². The molecule has 24 heavy (non-hydrogen) atoms. The summed E-state index contributed by atoms with van der Waals surface area (Å²) in [6, 6.07) is 5.66. The molecule has 0 saturated heterocycles. The van der Waals surface area contributed by atoms with E-state index in [0.717, 1.165) is 0 Å². The van der Waals surface area contributed by atoms with Crippen molar-refractivity contribution in [3.8, 4) is 17.6 Å². The number of amides is 1. The fourth-order valence-corrected chi connectivity index (χ4v) is 1.93. The number of nitriles is 1. The van der Waals surface area contributed by atoms with Crippen LogP contribution in [0, 0.1) is 17.2 Å².